The second-order valence-corrected chi connectivity index (χ2v) is 5.21. The molecular formula is C12H18N2O2. The minimum absolute atomic E-state index is 0.0210. The van der Waals surface area contributed by atoms with Gasteiger partial charge in [-0.15, -0.1) is 0 Å². The number of carbonyl (C=O) groups is 1. The Labute approximate surface area is 95.5 Å². The molecule has 2 aliphatic rings. The Kier molecular flexibility index (Phi) is 2.93. The monoisotopic (exact) mass is 222 g/mol. The van der Waals surface area contributed by atoms with Crippen molar-refractivity contribution in [2.45, 2.75) is 44.8 Å². The van der Waals surface area contributed by atoms with Crippen LogP contribution in [0.25, 0.3) is 0 Å². The predicted molar refractivity (Wildman–Crippen MR) is 62.9 cm³/mol. The van der Waals surface area contributed by atoms with Crippen molar-refractivity contribution in [3.63, 3.8) is 0 Å². The zero-order valence-electron chi connectivity index (χ0n) is 9.76. The van der Waals surface area contributed by atoms with Crippen LogP contribution in [0, 0.1) is 11.8 Å². The van der Waals surface area contributed by atoms with Crippen LogP contribution in [0.5, 0.6) is 0 Å². The Bertz CT molecular complexity index is 335. The molecule has 4 heteroatoms. The SMILES string of the molecule is C[C@@H]1CC(CC2C=NC=N2)C[C@](C)(O)C1=O. The molecule has 0 aromatic heterocycles. The van der Waals surface area contributed by atoms with Crippen LogP contribution in [0.1, 0.15) is 33.1 Å². The Balaban J connectivity index is 1.99. The van der Waals surface area contributed by atoms with Crippen molar-refractivity contribution < 1.29 is 9.90 Å². The van der Waals surface area contributed by atoms with Gasteiger partial charge in [-0.1, -0.05) is 6.92 Å². The Morgan fingerprint density at radius 2 is 2.38 bits per heavy atom. The third-order valence-corrected chi connectivity index (χ3v) is 3.51. The quantitative estimate of drug-likeness (QED) is 0.763. The van der Waals surface area contributed by atoms with E-state index in [4.69, 9.17) is 0 Å². The summed E-state index contributed by atoms with van der Waals surface area (Å²) < 4.78 is 0. The summed E-state index contributed by atoms with van der Waals surface area (Å²) in [5.41, 5.74) is -1.15. The van der Waals surface area contributed by atoms with E-state index >= 15 is 0 Å². The number of carbonyl (C=O) groups excluding carboxylic acids is 1. The Morgan fingerprint density at radius 3 is 2.94 bits per heavy atom. The maximum Gasteiger partial charge on any atom is 0.166 e. The first-order valence-electron chi connectivity index (χ1n) is 5.80. The van der Waals surface area contributed by atoms with Gasteiger partial charge in [-0.25, -0.2) is 4.99 Å². The van der Waals surface area contributed by atoms with Gasteiger partial charge in [0.1, 0.15) is 11.9 Å². The first-order valence-corrected chi connectivity index (χ1v) is 5.80. The van der Waals surface area contributed by atoms with Crippen molar-refractivity contribution in [1.29, 1.82) is 0 Å². The van der Waals surface area contributed by atoms with Crippen LogP contribution in [0.2, 0.25) is 0 Å². The average Bonchev–Trinajstić information content (AvgIpc) is 2.66. The predicted octanol–water partition coefficient (Wildman–Crippen LogP) is 1.22. The summed E-state index contributed by atoms with van der Waals surface area (Å²) in [6.45, 7) is 3.53. The highest BCUT2D eigenvalue weighted by Crippen LogP contribution is 2.35. The van der Waals surface area contributed by atoms with E-state index in [1.54, 1.807) is 13.3 Å². The van der Waals surface area contributed by atoms with E-state index in [0.717, 1.165) is 12.8 Å². The topological polar surface area (TPSA) is 62.0 Å². The highest BCUT2D eigenvalue weighted by molar-refractivity contribution is 5.89. The largest absolute Gasteiger partial charge is 0.382 e. The minimum Gasteiger partial charge on any atom is -0.382 e. The molecule has 0 saturated heterocycles. The lowest BCUT2D eigenvalue weighted by Gasteiger charge is -2.36. The van der Waals surface area contributed by atoms with E-state index in [-0.39, 0.29) is 17.7 Å². The molecule has 16 heavy (non-hydrogen) atoms. The Hall–Kier alpha value is -1.03. The van der Waals surface area contributed by atoms with E-state index in [0.29, 0.717) is 12.3 Å². The average molecular weight is 222 g/mol. The van der Waals surface area contributed by atoms with E-state index in [9.17, 15) is 9.90 Å². The van der Waals surface area contributed by atoms with Gasteiger partial charge in [-0.2, -0.15) is 0 Å². The molecule has 0 aromatic carbocycles. The second-order valence-electron chi connectivity index (χ2n) is 5.21. The van der Waals surface area contributed by atoms with Gasteiger partial charge in [0.15, 0.2) is 5.78 Å². The molecule has 1 aliphatic heterocycles. The van der Waals surface area contributed by atoms with Gasteiger partial charge >= 0.3 is 0 Å². The van der Waals surface area contributed by atoms with Crippen LogP contribution in [-0.4, -0.2) is 35.1 Å². The molecule has 1 aliphatic carbocycles. The Morgan fingerprint density at radius 1 is 1.62 bits per heavy atom. The summed E-state index contributed by atoms with van der Waals surface area (Å²) in [5.74, 6) is 0.290. The zero-order chi connectivity index (χ0) is 11.8. The summed E-state index contributed by atoms with van der Waals surface area (Å²) in [6.07, 6.45) is 5.69. The molecule has 1 heterocycles. The molecule has 0 radical (unpaired) electrons. The van der Waals surface area contributed by atoms with Crippen molar-refractivity contribution >= 4 is 18.3 Å². The number of Topliss-reactive ketones (excluding diaryl/α,β-unsaturated/α-hetero) is 1. The molecule has 1 N–H and O–H groups in total. The van der Waals surface area contributed by atoms with E-state index < -0.39 is 5.60 Å². The van der Waals surface area contributed by atoms with Crippen LogP contribution in [0.15, 0.2) is 9.98 Å². The highest BCUT2D eigenvalue weighted by Gasteiger charge is 2.42. The van der Waals surface area contributed by atoms with Gasteiger partial charge in [0.25, 0.3) is 0 Å². The number of hydrogen-bond donors (Lipinski definition) is 1. The van der Waals surface area contributed by atoms with Gasteiger partial charge in [-0.05, 0) is 32.1 Å². The number of rotatable bonds is 2. The molecule has 2 unspecified atom stereocenters. The number of ketones is 1. The van der Waals surface area contributed by atoms with Crippen molar-refractivity contribution in [3.05, 3.63) is 0 Å². The molecule has 2 rings (SSSR count). The third kappa shape index (κ3) is 2.21. The number of nitrogens with zero attached hydrogens (tertiary/aromatic N) is 2. The lowest BCUT2D eigenvalue weighted by molar-refractivity contribution is -0.146. The lowest BCUT2D eigenvalue weighted by Crippen LogP contribution is -2.46. The molecule has 0 bridgehead atoms. The first kappa shape index (κ1) is 11.5. The van der Waals surface area contributed by atoms with Crippen LogP contribution in [0.4, 0.5) is 0 Å². The van der Waals surface area contributed by atoms with Crippen LogP contribution < -0.4 is 0 Å². The van der Waals surface area contributed by atoms with E-state index in [2.05, 4.69) is 9.98 Å². The molecule has 1 fully saturated rings. The van der Waals surface area contributed by atoms with Crippen molar-refractivity contribution in [3.8, 4) is 0 Å². The molecule has 0 amide bonds. The van der Waals surface area contributed by atoms with Crippen molar-refractivity contribution in [2.75, 3.05) is 0 Å². The smallest absolute Gasteiger partial charge is 0.166 e. The number of aliphatic hydroxyl groups is 1. The summed E-state index contributed by atoms with van der Waals surface area (Å²) in [7, 11) is 0. The molecule has 0 aromatic rings. The number of hydrogen-bond acceptors (Lipinski definition) is 4. The molecule has 0 spiro atoms. The van der Waals surface area contributed by atoms with Crippen molar-refractivity contribution in [1.82, 2.24) is 0 Å². The van der Waals surface area contributed by atoms with Crippen LogP contribution >= 0.6 is 0 Å². The fraction of sp³-hybridized carbons (Fsp3) is 0.750. The summed E-state index contributed by atoms with van der Waals surface area (Å²) >= 11 is 0. The molecule has 4 nitrogen and oxygen atoms in total. The third-order valence-electron chi connectivity index (χ3n) is 3.51. The molecule has 1 saturated carbocycles. The fourth-order valence-electron chi connectivity index (χ4n) is 2.83. The van der Waals surface area contributed by atoms with E-state index in [1.165, 1.54) is 0 Å². The lowest BCUT2D eigenvalue weighted by atomic mass is 9.71. The van der Waals surface area contributed by atoms with Gasteiger partial charge in [0.05, 0.1) is 6.04 Å². The molecular weight excluding hydrogens is 204 g/mol. The molecule has 4 atom stereocenters. The second kappa shape index (κ2) is 4.09. The fourth-order valence-corrected chi connectivity index (χ4v) is 2.83. The van der Waals surface area contributed by atoms with Gasteiger partial charge in [0, 0.05) is 12.1 Å². The minimum atomic E-state index is -1.15. The number of aliphatic imine (C=N–C) groups is 2. The first-order chi connectivity index (χ1) is 7.49. The van der Waals surface area contributed by atoms with Gasteiger partial charge < -0.3 is 5.11 Å². The summed E-state index contributed by atoms with van der Waals surface area (Å²) in [6, 6.07) is 0.140. The normalized spacial score (nSPS) is 42.9. The van der Waals surface area contributed by atoms with Crippen LogP contribution in [0.3, 0.4) is 0 Å². The van der Waals surface area contributed by atoms with Crippen LogP contribution in [-0.2, 0) is 4.79 Å². The maximum absolute atomic E-state index is 11.7. The highest BCUT2D eigenvalue weighted by atomic mass is 16.3. The standard InChI is InChI=1S/C12H18N2O2/c1-8-3-9(4-10-6-13-7-14-10)5-12(2,16)11(8)15/h6-10,16H,3-5H2,1-2H3/t8-,9?,10?,12+/m1/s1. The van der Waals surface area contributed by atoms with E-state index in [1.807, 2.05) is 13.1 Å². The van der Waals surface area contributed by atoms with Gasteiger partial charge in [-0.3, -0.25) is 9.79 Å². The van der Waals surface area contributed by atoms with Gasteiger partial charge in [0.2, 0.25) is 0 Å². The zero-order valence-corrected chi connectivity index (χ0v) is 9.76. The molecule has 88 valence electrons. The van der Waals surface area contributed by atoms with Crippen molar-refractivity contribution in [2.24, 2.45) is 21.8 Å². The summed E-state index contributed by atoms with van der Waals surface area (Å²) in [4.78, 5) is 19.9. The summed E-state index contributed by atoms with van der Waals surface area (Å²) in [5, 5.41) is 10.0. The maximum atomic E-state index is 11.7.